The largest absolute Gasteiger partial charge is 0.334 e. The molecule has 4 aliphatic rings. The minimum Gasteiger partial charge on any atom is -0.334 e. The van der Waals surface area contributed by atoms with Crippen molar-refractivity contribution in [3.63, 3.8) is 0 Å². The maximum absolute atomic E-state index is 13.5. The van der Waals surface area contributed by atoms with Gasteiger partial charge in [-0.05, 0) is 49.7 Å². The maximum Gasteiger partial charge on any atom is 0.325 e. The number of carbonyl (C=O) groups excluding carboxylic acids is 3. The van der Waals surface area contributed by atoms with E-state index in [-0.39, 0.29) is 41.9 Å². The second-order valence-electron chi connectivity index (χ2n) is 9.53. The van der Waals surface area contributed by atoms with E-state index in [1.807, 2.05) is 24.3 Å². The lowest BCUT2D eigenvalue weighted by Gasteiger charge is -2.35. The van der Waals surface area contributed by atoms with Crippen molar-refractivity contribution in [3.05, 3.63) is 35.4 Å². The van der Waals surface area contributed by atoms with Gasteiger partial charge in [-0.3, -0.25) is 14.5 Å². The highest BCUT2D eigenvalue weighted by Crippen LogP contribution is 2.40. The normalized spacial score (nSPS) is 29.4. The van der Waals surface area contributed by atoms with E-state index in [1.165, 1.54) is 0 Å². The van der Waals surface area contributed by atoms with Gasteiger partial charge < -0.3 is 10.2 Å². The lowest BCUT2D eigenvalue weighted by atomic mass is 9.76. The van der Waals surface area contributed by atoms with Crippen LogP contribution in [0.4, 0.5) is 4.79 Å². The van der Waals surface area contributed by atoms with E-state index in [2.05, 4.69) is 5.32 Å². The number of nitrogens with one attached hydrogen (secondary N) is 1. The van der Waals surface area contributed by atoms with E-state index < -0.39 is 21.4 Å². The second-order valence-corrected chi connectivity index (χ2v) is 11.8. The van der Waals surface area contributed by atoms with Crippen LogP contribution >= 0.6 is 0 Å². The zero-order valence-corrected chi connectivity index (χ0v) is 18.9. The molecule has 2 aliphatic carbocycles. The van der Waals surface area contributed by atoms with Crippen LogP contribution in [0, 0.1) is 0 Å². The van der Waals surface area contributed by atoms with Crippen molar-refractivity contribution >= 4 is 27.7 Å². The molecule has 0 radical (unpaired) electrons. The van der Waals surface area contributed by atoms with Gasteiger partial charge in [0.25, 0.3) is 5.91 Å². The topological polar surface area (TPSA) is 104 Å². The number of sulfone groups is 1. The number of imide groups is 1. The lowest BCUT2D eigenvalue weighted by Crippen LogP contribution is -2.52. The minimum atomic E-state index is -3.16. The van der Waals surface area contributed by atoms with Gasteiger partial charge >= 0.3 is 6.03 Å². The molecule has 9 heteroatoms. The van der Waals surface area contributed by atoms with Crippen molar-refractivity contribution in [1.29, 1.82) is 0 Å². The van der Waals surface area contributed by atoms with E-state index in [0.717, 1.165) is 54.6 Å². The third-order valence-corrected chi connectivity index (χ3v) is 9.30. The van der Waals surface area contributed by atoms with Crippen LogP contribution in [0.15, 0.2) is 24.3 Å². The molecule has 32 heavy (non-hydrogen) atoms. The Morgan fingerprint density at radius 2 is 1.84 bits per heavy atom. The number of carbonyl (C=O) groups is 3. The molecular weight excluding hydrogens is 430 g/mol. The van der Waals surface area contributed by atoms with Gasteiger partial charge in [-0.25, -0.2) is 13.2 Å². The molecule has 3 fully saturated rings. The number of benzene rings is 1. The van der Waals surface area contributed by atoms with Crippen molar-refractivity contribution in [1.82, 2.24) is 15.1 Å². The average molecular weight is 460 g/mol. The predicted molar refractivity (Wildman–Crippen MR) is 117 cm³/mol. The zero-order valence-electron chi connectivity index (χ0n) is 18.1. The Morgan fingerprint density at radius 1 is 1.09 bits per heavy atom. The minimum absolute atomic E-state index is 0.0223. The highest BCUT2D eigenvalue weighted by Gasteiger charge is 2.54. The second kappa shape index (κ2) is 7.86. The van der Waals surface area contributed by atoms with Gasteiger partial charge in [0.1, 0.15) is 12.1 Å². The molecule has 1 spiro atoms. The first kappa shape index (κ1) is 21.4. The van der Waals surface area contributed by atoms with Crippen molar-refractivity contribution in [2.24, 2.45) is 0 Å². The number of urea groups is 1. The van der Waals surface area contributed by atoms with E-state index in [1.54, 1.807) is 4.90 Å². The van der Waals surface area contributed by atoms with Crippen LogP contribution in [0.3, 0.4) is 0 Å². The van der Waals surface area contributed by atoms with Crippen molar-refractivity contribution in [3.8, 4) is 0 Å². The first-order valence-corrected chi connectivity index (χ1v) is 13.4. The first-order chi connectivity index (χ1) is 15.3. The van der Waals surface area contributed by atoms with Crippen LogP contribution in [0.2, 0.25) is 0 Å². The van der Waals surface area contributed by atoms with Crippen LogP contribution in [-0.2, 0) is 31.4 Å². The lowest BCUT2D eigenvalue weighted by molar-refractivity contribution is -0.142. The van der Waals surface area contributed by atoms with Gasteiger partial charge in [-0.1, -0.05) is 37.1 Å². The molecule has 1 aromatic carbocycles. The molecule has 172 valence electrons. The molecular formula is C23H29N3O5S. The summed E-state index contributed by atoms with van der Waals surface area (Å²) in [6, 6.07) is 6.70. The Kier molecular flexibility index (Phi) is 5.27. The standard InChI is InChI=1S/C23H29N3O5S/c27-20(26(17-8-2-3-9-17)18-11-13-32(30,31)15-18)14-25-21(28)23(24-22(25)29)12-5-7-16-6-1-4-10-19(16)23/h1,4,6,10,17-18H,2-3,5,7-9,11-15H2,(H,24,29)/t18-,23-/m0/s1. The fourth-order valence-corrected chi connectivity index (χ4v) is 7.77. The van der Waals surface area contributed by atoms with Crippen LogP contribution in [-0.4, -0.2) is 66.2 Å². The summed E-state index contributed by atoms with van der Waals surface area (Å²) in [6.07, 6.45) is 6.21. The average Bonchev–Trinajstić information content (AvgIpc) is 3.46. The molecule has 0 unspecified atom stereocenters. The first-order valence-electron chi connectivity index (χ1n) is 11.5. The monoisotopic (exact) mass is 459 g/mol. The van der Waals surface area contributed by atoms with Crippen molar-refractivity contribution in [2.75, 3.05) is 18.1 Å². The Bertz CT molecular complexity index is 1070. The number of rotatable bonds is 4. The fraction of sp³-hybridized carbons (Fsp3) is 0.609. The Hall–Kier alpha value is -2.42. The summed E-state index contributed by atoms with van der Waals surface area (Å²) in [6.45, 7) is -0.346. The van der Waals surface area contributed by atoms with Crippen LogP contribution in [0.25, 0.3) is 0 Å². The Labute approximate surface area is 188 Å². The summed E-state index contributed by atoms with van der Waals surface area (Å²) in [5.74, 6) is -0.666. The number of amides is 4. The summed E-state index contributed by atoms with van der Waals surface area (Å²) in [5.41, 5.74) is 0.750. The molecule has 0 aromatic heterocycles. The van der Waals surface area contributed by atoms with Crippen molar-refractivity contribution < 1.29 is 22.8 Å². The van der Waals surface area contributed by atoms with Gasteiger partial charge in [0.2, 0.25) is 5.91 Å². The van der Waals surface area contributed by atoms with Gasteiger partial charge in [-0.2, -0.15) is 0 Å². The molecule has 2 aliphatic heterocycles. The zero-order chi connectivity index (χ0) is 22.5. The highest BCUT2D eigenvalue weighted by atomic mass is 32.2. The van der Waals surface area contributed by atoms with Gasteiger partial charge in [0, 0.05) is 12.1 Å². The van der Waals surface area contributed by atoms with Gasteiger partial charge in [0.15, 0.2) is 9.84 Å². The van der Waals surface area contributed by atoms with Crippen LogP contribution in [0.5, 0.6) is 0 Å². The molecule has 8 nitrogen and oxygen atoms in total. The highest BCUT2D eigenvalue weighted by molar-refractivity contribution is 7.91. The Morgan fingerprint density at radius 3 is 2.56 bits per heavy atom. The molecule has 2 saturated heterocycles. The van der Waals surface area contributed by atoms with E-state index in [4.69, 9.17) is 0 Å². The molecule has 1 N–H and O–H groups in total. The molecule has 0 bridgehead atoms. The summed E-state index contributed by atoms with van der Waals surface area (Å²) in [5, 5.41) is 2.89. The molecule has 4 amide bonds. The molecule has 1 saturated carbocycles. The summed E-state index contributed by atoms with van der Waals surface area (Å²) < 4.78 is 24.2. The van der Waals surface area contributed by atoms with E-state index in [9.17, 15) is 22.8 Å². The van der Waals surface area contributed by atoms with Crippen LogP contribution in [0.1, 0.15) is 56.1 Å². The third-order valence-electron chi connectivity index (χ3n) is 7.55. The van der Waals surface area contributed by atoms with Gasteiger partial charge in [0.05, 0.1) is 11.5 Å². The number of fused-ring (bicyclic) bond motifs is 2. The predicted octanol–water partition coefficient (Wildman–Crippen LogP) is 1.73. The van der Waals surface area contributed by atoms with Crippen molar-refractivity contribution in [2.45, 2.75) is 69.0 Å². The van der Waals surface area contributed by atoms with Crippen LogP contribution < -0.4 is 5.32 Å². The third kappa shape index (κ3) is 3.50. The Balaban J connectivity index is 1.40. The number of hydrogen-bond donors (Lipinski definition) is 1. The number of nitrogens with zero attached hydrogens (tertiary/aromatic N) is 2. The summed E-state index contributed by atoms with van der Waals surface area (Å²) in [4.78, 5) is 42.6. The van der Waals surface area contributed by atoms with E-state index >= 15 is 0 Å². The SMILES string of the molecule is O=C1N[C@]2(CCCc3ccccc32)C(=O)N1CC(=O)N(C1CCCC1)[C@H]1CCS(=O)(=O)C1. The molecule has 1 aromatic rings. The number of hydrogen-bond acceptors (Lipinski definition) is 5. The number of aryl methyl sites for hydroxylation is 1. The van der Waals surface area contributed by atoms with Gasteiger partial charge in [-0.15, -0.1) is 0 Å². The maximum atomic E-state index is 13.5. The van der Waals surface area contributed by atoms with E-state index in [0.29, 0.717) is 12.8 Å². The fourth-order valence-electron chi connectivity index (χ4n) is 6.05. The molecule has 5 rings (SSSR count). The molecule has 2 heterocycles. The molecule has 2 atom stereocenters. The summed E-state index contributed by atoms with van der Waals surface area (Å²) >= 11 is 0. The smallest absolute Gasteiger partial charge is 0.325 e. The summed E-state index contributed by atoms with van der Waals surface area (Å²) in [7, 11) is -3.16. The quantitative estimate of drug-likeness (QED) is 0.691.